The van der Waals surface area contributed by atoms with Gasteiger partial charge in [0.15, 0.2) is 0 Å². The van der Waals surface area contributed by atoms with Crippen LogP contribution in [0.5, 0.6) is 5.75 Å². The summed E-state index contributed by atoms with van der Waals surface area (Å²) in [6, 6.07) is 4.28. The van der Waals surface area contributed by atoms with Gasteiger partial charge < -0.3 is 5.11 Å². The highest BCUT2D eigenvalue weighted by Gasteiger charge is 2.20. The van der Waals surface area contributed by atoms with E-state index in [1.165, 1.54) is 18.9 Å². The highest BCUT2D eigenvalue weighted by atomic mass is 19.1. The first-order valence-corrected chi connectivity index (χ1v) is 5.88. The summed E-state index contributed by atoms with van der Waals surface area (Å²) in [6.07, 6.45) is 2.45. The van der Waals surface area contributed by atoms with Crippen LogP contribution in [0, 0.1) is 11.7 Å². The average Bonchev–Trinajstić information content (AvgIpc) is 2.64. The van der Waals surface area contributed by atoms with Gasteiger partial charge in [0.25, 0.3) is 0 Å². The molecular formula is C13H18FNO. The predicted octanol–water partition coefficient (Wildman–Crippen LogP) is 2.76. The Kier molecular flexibility index (Phi) is 3.44. The van der Waals surface area contributed by atoms with Gasteiger partial charge in [-0.15, -0.1) is 0 Å². The Morgan fingerprint density at radius 1 is 1.44 bits per heavy atom. The van der Waals surface area contributed by atoms with E-state index in [1.54, 1.807) is 6.07 Å². The van der Waals surface area contributed by atoms with Crippen LogP contribution in [0.15, 0.2) is 18.2 Å². The summed E-state index contributed by atoms with van der Waals surface area (Å²) in [7, 11) is 0. The lowest BCUT2D eigenvalue weighted by Crippen LogP contribution is -2.20. The third-order valence-electron chi connectivity index (χ3n) is 3.30. The van der Waals surface area contributed by atoms with Gasteiger partial charge in [0.05, 0.1) is 0 Å². The van der Waals surface area contributed by atoms with Crippen molar-refractivity contribution in [1.82, 2.24) is 4.90 Å². The third-order valence-corrected chi connectivity index (χ3v) is 3.30. The zero-order valence-corrected chi connectivity index (χ0v) is 9.62. The van der Waals surface area contributed by atoms with Gasteiger partial charge in [-0.1, -0.05) is 13.3 Å². The largest absolute Gasteiger partial charge is 0.508 e. The van der Waals surface area contributed by atoms with Gasteiger partial charge in [-0.3, -0.25) is 4.90 Å². The zero-order chi connectivity index (χ0) is 11.5. The first kappa shape index (κ1) is 11.4. The molecule has 2 nitrogen and oxygen atoms in total. The maximum absolute atomic E-state index is 13.1. The molecule has 1 aliphatic heterocycles. The number of phenols is 1. The fourth-order valence-corrected chi connectivity index (χ4v) is 2.37. The Morgan fingerprint density at radius 2 is 2.25 bits per heavy atom. The minimum atomic E-state index is -0.360. The fraction of sp³-hybridized carbons (Fsp3) is 0.538. The molecule has 3 heteroatoms. The van der Waals surface area contributed by atoms with Crippen molar-refractivity contribution in [2.45, 2.75) is 26.3 Å². The molecular weight excluding hydrogens is 205 g/mol. The Hall–Kier alpha value is -1.09. The number of likely N-dealkylation sites (tertiary alicyclic amines) is 1. The Labute approximate surface area is 95.7 Å². The lowest BCUT2D eigenvalue weighted by atomic mass is 10.1. The number of aromatic hydroxyl groups is 1. The number of hydrogen-bond donors (Lipinski definition) is 1. The molecule has 0 aliphatic carbocycles. The van der Waals surface area contributed by atoms with Gasteiger partial charge in [0.2, 0.25) is 0 Å². The number of rotatable bonds is 3. The molecule has 0 radical (unpaired) electrons. The maximum atomic E-state index is 13.1. The number of phenolic OH excluding ortho intramolecular Hbond substituents is 1. The molecule has 0 spiro atoms. The second-order valence-corrected chi connectivity index (χ2v) is 4.62. The standard InChI is InChI=1S/C13H18FNO/c1-2-10-3-4-15(8-10)9-11-5-12(14)7-13(16)6-11/h5-7,10,16H,2-4,8-9H2,1H3. The molecule has 2 rings (SSSR count). The highest BCUT2D eigenvalue weighted by Crippen LogP contribution is 2.22. The zero-order valence-electron chi connectivity index (χ0n) is 9.62. The van der Waals surface area contributed by atoms with Crippen LogP contribution in [0.4, 0.5) is 4.39 Å². The van der Waals surface area contributed by atoms with Gasteiger partial charge in [0.1, 0.15) is 11.6 Å². The summed E-state index contributed by atoms with van der Waals surface area (Å²) in [5.74, 6) is 0.435. The molecule has 88 valence electrons. The van der Waals surface area contributed by atoms with Gasteiger partial charge in [0, 0.05) is 19.2 Å². The van der Waals surface area contributed by atoms with E-state index in [2.05, 4.69) is 11.8 Å². The van der Waals surface area contributed by atoms with Gasteiger partial charge in [-0.05, 0) is 36.6 Å². The van der Waals surface area contributed by atoms with Crippen LogP contribution in [0.3, 0.4) is 0 Å². The number of hydrogen-bond acceptors (Lipinski definition) is 2. The lowest BCUT2D eigenvalue weighted by Gasteiger charge is -2.15. The van der Waals surface area contributed by atoms with Crippen LogP contribution in [-0.2, 0) is 6.54 Å². The van der Waals surface area contributed by atoms with E-state index in [9.17, 15) is 9.50 Å². The molecule has 1 aliphatic rings. The van der Waals surface area contributed by atoms with Crippen LogP contribution in [0.1, 0.15) is 25.3 Å². The third kappa shape index (κ3) is 2.73. The fourth-order valence-electron chi connectivity index (χ4n) is 2.37. The normalized spacial score (nSPS) is 21.5. The van der Waals surface area contributed by atoms with Gasteiger partial charge in [-0.25, -0.2) is 4.39 Å². The minimum absolute atomic E-state index is 0.0150. The Balaban J connectivity index is 1.99. The quantitative estimate of drug-likeness (QED) is 0.851. The predicted molar refractivity (Wildman–Crippen MR) is 61.7 cm³/mol. The van der Waals surface area contributed by atoms with Crippen molar-refractivity contribution in [2.24, 2.45) is 5.92 Å². The minimum Gasteiger partial charge on any atom is -0.508 e. The summed E-state index contributed by atoms with van der Waals surface area (Å²) in [5.41, 5.74) is 0.856. The summed E-state index contributed by atoms with van der Waals surface area (Å²) in [5, 5.41) is 9.31. The van der Waals surface area contributed by atoms with Crippen LogP contribution >= 0.6 is 0 Å². The molecule has 1 atom stereocenters. The van der Waals surface area contributed by atoms with Crippen LogP contribution in [0.2, 0.25) is 0 Å². The molecule has 1 N–H and O–H groups in total. The molecule has 1 unspecified atom stereocenters. The summed E-state index contributed by atoms with van der Waals surface area (Å²) < 4.78 is 13.1. The first-order valence-electron chi connectivity index (χ1n) is 5.88. The molecule has 1 aromatic carbocycles. The lowest BCUT2D eigenvalue weighted by molar-refractivity contribution is 0.314. The van der Waals surface area contributed by atoms with E-state index in [4.69, 9.17) is 0 Å². The number of halogens is 1. The van der Waals surface area contributed by atoms with E-state index >= 15 is 0 Å². The van der Waals surface area contributed by atoms with Gasteiger partial charge in [-0.2, -0.15) is 0 Å². The van der Waals surface area contributed by atoms with Gasteiger partial charge >= 0.3 is 0 Å². The van der Waals surface area contributed by atoms with E-state index in [1.807, 2.05) is 0 Å². The molecule has 1 aromatic rings. The van der Waals surface area contributed by atoms with Crippen LogP contribution in [0.25, 0.3) is 0 Å². The Morgan fingerprint density at radius 3 is 2.88 bits per heavy atom. The monoisotopic (exact) mass is 223 g/mol. The molecule has 0 aromatic heterocycles. The molecule has 0 bridgehead atoms. The molecule has 16 heavy (non-hydrogen) atoms. The van der Waals surface area contributed by atoms with E-state index in [0.29, 0.717) is 0 Å². The molecule has 0 amide bonds. The number of benzene rings is 1. The molecule has 0 saturated carbocycles. The maximum Gasteiger partial charge on any atom is 0.127 e. The second-order valence-electron chi connectivity index (χ2n) is 4.62. The average molecular weight is 223 g/mol. The summed E-state index contributed by atoms with van der Waals surface area (Å²) in [6.45, 7) is 5.12. The first-order chi connectivity index (χ1) is 7.67. The topological polar surface area (TPSA) is 23.5 Å². The van der Waals surface area contributed by atoms with Crippen LogP contribution < -0.4 is 0 Å². The van der Waals surface area contributed by atoms with Crippen molar-refractivity contribution < 1.29 is 9.50 Å². The van der Waals surface area contributed by atoms with Crippen molar-refractivity contribution in [3.63, 3.8) is 0 Å². The molecule has 1 fully saturated rings. The number of nitrogens with zero attached hydrogens (tertiary/aromatic N) is 1. The van der Waals surface area contributed by atoms with E-state index < -0.39 is 0 Å². The molecule has 1 saturated heterocycles. The summed E-state index contributed by atoms with van der Waals surface area (Å²) in [4.78, 5) is 2.32. The van der Waals surface area contributed by atoms with Crippen molar-refractivity contribution in [1.29, 1.82) is 0 Å². The van der Waals surface area contributed by atoms with Crippen molar-refractivity contribution >= 4 is 0 Å². The van der Waals surface area contributed by atoms with Crippen molar-refractivity contribution in [3.8, 4) is 5.75 Å². The van der Waals surface area contributed by atoms with E-state index in [-0.39, 0.29) is 11.6 Å². The molecule has 1 heterocycles. The van der Waals surface area contributed by atoms with Crippen molar-refractivity contribution in [3.05, 3.63) is 29.6 Å². The highest BCUT2D eigenvalue weighted by molar-refractivity contribution is 5.28. The Bertz CT molecular complexity index is 347. The van der Waals surface area contributed by atoms with Crippen LogP contribution in [-0.4, -0.2) is 23.1 Å². The SMILES string of the molecule is CCC1CCN(Cc2cc(O)cc(F)c2)C1. The smallest absolute Gasteiger partial charge is 0.127 e. The van der Waals surface area contributed by atoms with Crippen molar-refractivity contribution in [2.75, 3.05) is 13.1 Å². The van der Waals surface area contributed by atoms with E-state index in [0.717, 1.165) is 37.2 Å². The second kappa shape index (κ2) is 4.83. The summed E-state index contributed by atoms with van der Waals surface area (Å²) >= 11 is 0.